The highest BCUT2D eigenvalue weighted by Gasteiger charge is 2.23. The molecule has 0 spiro atoms. The number of hydrogen-bond acceptors (Lipinski definition) is 5. The second kappa shape index (κ2) is 6.59. The van der Waals surface area contributed by atoms with Crippen LogP contribution in [0.1, 0.15) is 51.6 Å². The first-order valence-electron chi connectivity index (χ1n) is 8.76. The Kier molecular flexibility index (Phi) is 4.61. The molecular formula is C20H25N3O3. The lowest BCUT2D eigenvalue weighted by molar-refractivity contribution is -0.155. The van der Waals surface area contributed by atoms with Gasteiger partial charge in [-0.3, -0.25) is 4.79 Å². The summed E-state index contributed by atoms with van der Waals surface area (Å²) in [6, 6.07) is 8.15. The lowest BCUT2D eigenvalue weighted by Gasteiger charge is -2.20. The van der Waals surface area contributed by atoms with E-state index in [0.29, 0.717) is 11.7 Å². The normalized spacial score (nSPS) is 13.2. The van der Waals surface area contributed by atoms with Crippen molar-refractivity contribution in [3.63, 3.8) is 0 Å². The monoisotopic (exact) mass is 355 g/mol. The minimum absolute atomic E-state index is 0.202. The van der Waals surface area contributed by atoms with Crippen LogP contribution >= 0.6 is 0 Å². The van der Waals surface area contributed by atoms with Crippen molar-refractivity contribution in [3.05, 3.63) is 35.9 Å². The van der Waals surface area contributed by atoms with Crippen molar-refractivity contribution in [2.75, 3.05) is 0 Å². The SMILES string of the molecule is Cc1cc2c(-c3noc([C@H](C)CC(=O)OC(C)(C)C)n3)cccc2n1C. The summed E-state index contributed by atoms with van der Waals surface area (Å²) in [6.45, 7) is 9.50. The number of rotatable bonds is 4. The number of esters is 1. The summed E-state index contributed by atoms with van der Waals surface area (Å²) in [4.78, 5) is 16.5. The topological polar surface area (TPSA) is 70.2 Å². The first kappa shape index (κ1) is 18.2. The summed E-state index contributed by atoms with van der Waals surface area (Å²) in [6.07, 6.45) is 0.202. The van der Waals surface area contributed by atoms with Crippen LogP contribution in [0.15, 0.2) is 28.8 Å². The Morgan fingerprint density at radius 3 is 2.77 bits per heavy atom. The fourth-order valence-electron chi connectivity index (χ4n) is 2.95. The zero-order valence-corrected chi connectivity index (χ0v) is 16.2. The smallest absolute Gasteiger partial charge is 0.307 e. The van der Waals surface area contributed by atoms with Gasteiger partial charge in [-0.2, -0.15) is 4.98 Å². The van der Waals surface area contributed by atoms with Gasteiger partial charge in [-0.1, -0.05) is 24.2 Å². The largest absolute Gasteiger partial charge is 0.460 e. The van der Waals surface area contributed by atoms with Crippen molar-refractivity contribution in [2.45, 2.75) is 52.6 Å². The van der Waals surface area contributed by atoms with Crippen LogP contribution in [-0.2, 0) is 16.6 Å². The number of aryl methyl sites for hydroxylation is 2. The molecule has 0 aliphatic heterocycles. The van der Waals surface area contributed by atoms with Gasteiger partial charge in [-0.25, -0.2) is 0 Å². The molecule has 0 aliphatic rings. The molecule has 0 fully saturated rings. The fraction of sp³-hybridized carbons (Fsp3) is 0.450. The van der Waals surface area contributed by atoms with Crippen molar-refractivity contribution in [1.29, 1.82) is 0 Å². The summed E-state index contributed by atoms with van der Waals surface area (Å²) in [5, 5.41) is 5.21. The van der Waals surface area contributed by atoms with Crippen molar-refractivity contribution < 1.29 is 14.1 Å². The van der Waals surface area contributed by atoms with Gasteiger partial charge < -0.3 is 13.8 Å². The molecular weight excluding hydrogens is 330 g/mol. The molecule has 0 bridgehead atoms. The highest BCUT2D eigenvalue weighted by atomic mass is 16.6. The average molecular weight is 355 g/mol. The second-order valence-corrected chi connectivity index (χ2v) is 7.73. The second-order valence-electron chi connectivity index (χ2n) is 7.73. The number of carbonyl (C=O) groups is 1. The average Bonchev–Trinajstić information content (AvgIpc) is 3.11. The van der Waals surface area contributed by atoms with Gasteiger partial charge in [0, 0.05) is 35.1 Å². The molecule has 0 saturated heterocycles. The Bertz CT molecular complexity index is 947. The minimum Gasteiger partial charge on any atom is -0.460 e. The van der Waals surface area contributed by atoms with Crippen LogP contribution in [-0.4, -0.2) is 26.3 Å². The van der Waals surface area contributed by atoms with E-state index in [1.807, 2.05) is 46.9 Å². The lowest BCUT2D eigenvalue weighted by Crippen LogP contribution is -2.24. The lowest BCUT2D eigenvalue weighted by atomic mass is 10.1. The predicted molar refractivity (Wildman–Crippen MR) is 99.8 cm³/mol. The number of benzene rings is 1. The third-order valence-corrected chi connectivity index (χ3v) is 4.32. The van der Waals surface area contributed by atoms with Gasteiger partial charge >= 0.3 is 5.97 Å². The van der Waals surface area contributed by atoms with Crippen molar-refractivity contribution in [2.24, 2.45) is 7.05 Å². The first-order valence-corrected chi connectivity index (χ1v) is 8.76. The molecule has 6 heteroatoms. The Balaban J connectivity index is 1.84. The quantitative estimate of drug-likeness (QED) is 0.650. The molecule has 2 heterocycles. The molecule has 0 amide bonds. The number of nitrogens with zero attached hydrogens (tertiary/aromatic N) is 3. The number of carbonyl (C=O) groups excluding carboxylic acids is 1. The molecule has 6 nitrogen and oxygen atoms in total. The Labute approximate surface area is 153 Å². The Morgan fingerprint density at radius 1 is 1.35 bits per heavy atom. The third kappa shape index (κ3) is 3.64. The number of aromatic nitrogens is 3. The van der Waals surface area contributed by atoms with E-state index in [-0.39, 0.29) is 18.3 Å². The van der Waals surface area contributed by atoms with Crippen LogP contribution in [0.5, 0.6) is 0 Å². The molecule has 26 heavy (non-hydrogen) atoms. The summed E-state index contributed by atoms with van der Waals surface area (Å²) in [5.74, 6) is 0.496. The van der Waals surface area contributed by atoms with Gasteiger partial charge in [0.2, 0.25) is 11.7 Å². The van der Waals surface area contributed by atoms with Crippen LogP contribution in [0.4, 0.5) is 0 Å². The number of hydrogen-bond donors (Lipinski definition) is 0. The van der Waals surface area contributed by atoms with E-state index < -0.39 is 5.60 Å². The van der Waals surface area contributed by atoms with E-state index >= 15 is 0 Å². The molecule has 0 radical (unpaired) electrons. The molecule has 1 atom stereocenters. The molecule has 2 aromatic heterocycles. The van der Waals surface area contributed by atoms with E-state index in [1.165, 1.54) is 0 Å². The van der Waals surface area contributed by atoms with Gasteiger partial charge in [0.15, 0.2) is 0 Å². The van der Waals surface area contributed by atoms with Gasteiger partial charge in [0.1, 0.15) is 5.60 Å². The van der Waals surface area contributed by atoms with Gasteiger partial charge in [-0.15, -0.1) is 0 Å². The Morgan fingerprint density at radius 2 is 2.08 bits per heavy atom. The molecule has 0 aliphatic carbocycles. The van der Waals surface area contributed by atoms with E-state index in [4.69, 9.17) is 9.26 Å². The fourth-order valence-corrected chi connectivity index (χ4v) is 2.95. The third-order valence-electron chi connectivity index (χ3n) is 4.32. The van der Waals surface area contributed by atoms with Gasteiger partial charge in [0.25, 0.3) is 0 Å². The predicted octanol–water partition coefficient (Wildman–Crippen LogP) is 4.37. The summed E-state index contributed by atoms with van der Waals surface area (Å²) in [5.41, 5.74) is 2.70. The maximum atomic E-state index is 12.0. The van der Waals surface area contributed by atoms with Gasteiger partial charge in [0.05, 0.1) is 6.42 Å². The summed E-state index contributed by atoms with van der Waals surface area (Å²) < 4.78 is 12.9. The maximum Gasteiger partial charge on any atom is 0.307 e. The van der Waals surface area contributed by atoms with Crippen LogP contribution in [0.2, 0.25) is 0 Å². The zero-order valence-electron chi connectivity index (χ0n) is 16.2. The molecule has 0 unspecified atom stereocenters. The van der Waals surface area contributed by atoms with Crippen LogP contribution in [0.3, 0.4) is 0 Å². The van der Waals surface area contributed by atoms with E-state index in [1.54, 1.807) is 0 Å². The molecule has 3 aromatic rings. The Hall–Kier alpha value is -2.63. The van der Waals surface area contributed by atoms with E-state index in [9.17, 15) is 4.79 Å². The van der Waals surface area contributed by atoms with Crippen LogP contribution in [0.25, 0.3) is 22.3 Å². The van der Waals surface area contributed by atoms with Crippen LogP contribution < -0.4 is 0 Å². The number of ether oxygens (including phenoxy) is 1. The molecule has 0 N–H and O–H groups in total. The summed E-state index contributed by atoms with van der Waals surface area (Å²) >= 11 is 0. The van der Waals surface area contributed by atoms with Crippen molar-refractivity contribution in [1.82, 2.24) is 14.7 Å². The number of fused-ring (bicyclic) bond motifs is 1. The minimum atomic E-state index is -0.502. The summed E-state index contributed by atoms with van der Waals surface area (Å²) in [7, 11) is 2.03. The highest BCUT2D eigenvalue weighted by molar-refractivity contribution is 5.94. The standard InChI is InChI=1S/C20H25N3O3/c1-12(10-17(24)25-20(3,4)5)19-21-18(22-26-19)14-8-7-9-16-15(14)11-13(2)23(16)6/h7-9,11-12H,10H2,1-6H3/t12-/m1/s1. The molecule has 3 rings (SSSR count). The molecule has 1 aromatic carbocycles. The van der Waals surface area contributed by atoms with Crippen molar-refractivity contribution >= 4 is 16.9 Å². The molecule has 0 saturated carbocycles. The highest BCUT2D eigenvalue weighted by Crippen LogP contribution is 2.30. The zero-order chi connectivity index (χ0) is 19.1. The van der Waals surface area contributed by atoms with Crippen LogP contribution in [0, 0.1) is 6.92 Å². The first-order chi connectivity index (χ1) is 12.2. The van der Waals surface area contributed by atoms with Gasteiger partial charge in [-0.05, 0) is 39.8 Å². The van der Waals surface area contributed by atoms with Crippen molar-refractivity contribution in [3.8, 4) is 11.4 Å². The van der Waals surface area contributed by atoms with E-state index in [0.717, 1.165) is 22.2 Å². The molecule has 138 valence electrons. The maximum absolute atomic E-state index is 12.0. The van der Waals surface area contributed by atoms with E-state index in [2.05, 4.69) is 33.8 Å².